The number of pyridine rings is 1. The Morgan fingerprint density at radius 3 is 2.71 bits per heavy atom. The molecule has 5 rings (SSSR count). The molecule has 2 N–H and O–H groups in total. The van der Waals surface area contributed by atoms with Gasteiger partial charge in [-0.2, -0.15) is 0 Å². The van der Waals surface area contributed by atoms with Crippen molar-refractivity contribution in [2.45, 2.75) is 26.4 Å². The predicted molar refractivity (Wildman–Crippen MR) is 124 cm³/mol. The van der Waals surface area contributed by atoms with Crippen molar-refractivity contribution in [1.29, 1.82) is 0 Å². The van der Waals surface area contributed by atoms with Gasteiger partial charge in [0.15, 0.2) is 0 Å². The van der Waals surface area contributed by atoms with Gasteiger partial charge in [-0.25, -0.2) is 9.78 Å². The molecule has 31 heavy (non-hydrogen) atoms. The van der Waals surface area contributed by atoms with Gasteiger partial charge in [-0.05, 0) is 36.2 Å². The summed E-state index contributed by atoms with van der Waals surface area (Å²) in [5, 5.41) is 0.834. The number of fused-ring (bicyclic) bond motifs is 2. The number of aromatic nitrogens is 1. The van der Waals surface area contributed by atoms with Gasteiger partial charge in [-0.1, -0.05) is 48.0 Å². The standard InChI is InChI=1S/C25H23N3O2S/c1-16-7-9-19(10-8-16)30-25(29)23-22(26)20-13-18-15-28(14-17-5-3-2-4-6-17)12-11-21(18)27-24(20)31-23/h2-10,13H,11-12,14-15,26H2,1H3. The fourth-order valence-electron chi connectivity index (χ4n) is 3.94. The zero-order valence-corrected chi connectivity index (χ0v) is 18.1. The van der Waals surface area contributed by atoms with Crippen LogP contribution in [0.15, 0.2) is 60.7 Å². The van der Waals surface area contributed by atoms with Crippen molar-refractivity contribution >= 4 is 33.2 Å². The number of aryl methyl sites for hydroxylation is 1. The third-order valence-electron chi connectivity index (χ3n) is 5.61. The smallest absolute Gasteiger partial charge is 0.355 e. The number of ether oxygens (including phenoxy) is 1. The van der Waals surface area contributed by atoms with Gasteiger partial charge in [-0.3, -0.25) is 4.90 Å². The molecule has 0 bridgehead atoms. The lowest BCUT2D eigenvalue weighted by Crippen LogP contribution is -2.30. The second kappa shape index (κ2) is 8.13. The van der Waals surface area contributed by atoms with Gasteiger partial charge < -0.3 is 10.5 Å². The molecule has 0 radical (unpaired) electrons. The zero-order chi connectivity index (χ0) is 21.4. The topological polar surface area (TPSA) is 68.4 Å². The van der Waals surface area contributed by atoms with Gasteiger partial charge in [0.2, 0.25) is 0 Å². The van der Waals surface area contributed by atoms with Gasteiger partial charge in [0.25, 0.3) is 0 Å². The normalized spacial score (nSPS) is 13.8. The number of nitrogens with zero attached hydrogens (tertiary/aromatic N) is 2. The Labute approximate surface area is 185 Å². The van der Waals surface area contributed by atoms with Crippen molar-refractivity contribution in [2.24, 2.45) is 0 Å². The minimum atomic E-state index is -0.437. The van der Waals surface area contributed by atoms with E-state index in [-0.39, 0.29) is 0 Å². The minimum Gasteiger partial charge on any atom is -0.422 e. The van der Waals surface area contributed by atoms with Gasteiger partial charge in [0.1, 0.15) is 15.5 Å². The summed E-state index contributed by atoms with van der Waals surface area (Å²) >= 11 is 1.31. The molecule has 3 heterocycles. The van der Waals surface area contributed by atoms with E-state index in [0.717, 1.165) is 47.5 Å². The Morgan fingerprint density at radius 2 is 1.94 bits per heavy atom. The average molecular weight is 430 g/mol. The highest BCUT2D eigenvalue weighted by molar-refractivity contribution is 7.21. The molecule has 1 aliphatic rings. The maximum absolute atomic E-state index is 12.7. The number of carbonyl (C=O) groups is 1. The van der Waals surface area contributed by atoms with E-state index in [4.69, 9.17) is 15.5 Å². The summed E-state index contributed by atoms with van der Waals surface area (Å²) in [6.07, 6.45) is 0.888. The maximum Gasteiger partial charge on any atom is 0.355 e. The number of anilines is 1. The molecule has 6 heteroatoms. The van der Waals surface area contributed by atoms with Gasteiger partial charge >= 0.3 is 5.97 Å². The van der Waals surface area contributed by atoms with E-state index in [1.54, 1.807) is 12.1 Å². The molecule has 0 unspecified atom stereocenters. The summed E-state index contributed by atoms with van der Waals surface area (Å²) < 4.78 is 5.53. The van der Waals surface area contributed by atoms with E-state index in [9.17, 15) is 4.79 Å². The molecule has 0 aliphatic carbocycles. The molecular formula is C25H23N3O2S. The van der Waals surface area contributed by atoms with Crippen molar-refractivity contribution < 1.29 is 9.53 Å². The van der Waals surface area contributed by atoms with Gasteiger partial charge in [0.05, 0.1) is 5.69 Å². The Kier molecular flexibility index (Phi) is 5.18. The zero-order valence-electron chi connectivity index (χ0n) is 17.3. The van der Waals surface area contributed by atoms with Crippen molar-refractivity contribution in [3.63, 3.8) is 0 Å². The highest BCUT2D eigenvalue weighted by Gasteiger charge is 2.23. The first-order valence-corrected chi connectivity index (χ1v) is 11.1. The van der Waals surface area contributed by atoms with Crippen molar-refractivity contribution in [3.05, 3.63) is 87.9 Å². The molecule has 2 aromatic heterocycles. The number of nitrogen functional groups attached to an aromatic ring is 1. The lowest BCUT2D eigenvalue weighted by atomic mass is 10.0. The Balaban J connectivity index is 1.39. The molecule has 0 spiro atoms. The van der Waals surface area contributed by atoms with Crippen molar-refractivity contribution in [2.75, 3.05) is 12.3 Å². The number of carbonyl (C=O) groups excluding carboxylic acids is 1. The quantitative estimate of drug-likeness (QED) is 0.367. The van der Waals surface area contributed by atoms with Crippen LogP contribution in [0.5, 0.6) is 5.75 Å². The van der Waals surface area contributed by atoms with E-state index in [0.29, 0.717) is 16.3 Å². The number of hydrogen-bond donors (Lipinski definition) is 1. The van der Waals surface area contributed by atoms with Crippen LogP contribution in [0, 0.1) is 6.92 Å². The summed E-state index contributed by atoms with van der Waals surface area (Å²) in [5.41, 5.74) is 11.5. The highest BCUT2D eigenvalue weighted by atomic mass is 32.1. The Hall–Kier alpha value is -3.22. The first-order chi connectivity index (χ1) is 15.1. The monoisotopic (exact) mass is 429 g/mol. The van der Waals surface area contributed by atoms with Crippen molar-refractivity contribution in [1.82, 2.24) is 9.88 Å². The molecule has 5 nitrogen and oxygen atoms in total. The second-order valence-electron chi connectivity index (χ2n) is 7.94. The summed E-state index contributed by atoms with van der Waals surface area (Å²) in [6.45, 7) is 4.69. The fraction of sp³-hybridized carbons (Fsp3) is 0.200. The van der Waals surface area contributed by atoms with Crippen LogP contribution in [0.25, 0.3) is 10.2 Å². The van der Waals surface area contributed by atoms with E-state index in [1.165, 1.54) is 22.5 Å². The van der Waals surface area contributed by atoms with Gasteiger partial charge in [0, 0.05) is 37.1 Å². The summed E-state index contributed by atoms with van der Waals surface area (Å²) in [7, 11) is 0. The summed E-state index contributed by atoms with van der Waals surface area (Å²) in [5.74, 6) is 0.0734. The largest absolute Gasteiger partial charge is 0.422 e. The van der Waals surface area contributed by atoms with Crippen molar-refractivity contribution in [3.8, 4) is 5.75 Å². The highest BCUT2D eigenvalue weighted by Crippen LogP contribution is 2.36. The molecule has 156 valence electrons. The first-order valence-electron chi connectivity index (χ1n) is 10.3. The molecule has 0 fully saturated rings. The molecule has 0 amide bonds. The molecule has 1 aliphatic heterocycles. The van der Waals surface area contributed by atoms with Crippen LogP contribution in [-0.4, -0.2) is 22.4 Å². The number of hydrogen-bond acceptors (Lipinski definition) is 6. The average Bonchev–Trinajstić information content (AvgIpc) is 3.10. The summed E-state index contributed by atoms with van der Waals surface area (Å²) in [4.78, 5) is 21.2. The first kappa shape index (κ1) is 19.7. The lowest BCUT2D eigenvalue weighted by Gasteiger charge is -2.28. The predicted octanol–water partition coefficient (Wildman–Crippen LogP) is 4.96. The van der Waals surface area contributed by atoms with Gasteiger partial charge in [-0.15, -0.1) is 11.3 Å². The number of nitrogens with two attached hydrogens (primary N) is 1. The van der Waals surface area contributed by atoms with Crippen LogP contribution >= 0.6 is 11.3 Å². The van der Waals surface area contributed by atoms with Crippen LogP contribution in [0.2, 0.25) is 0 Å². The minimum absolute atomic E-state index is 0.409. The lowest BCUT2D eigenvalue weighted by molar-refractivity contribution is 0.0741. The van der Waals surface area contributed by atoms with E-state index < -0.39 is 5.97 Å². The molecule has 2 aromatic carbocycles. The number of rotatable bonds is 4. The third-order valence-corrected chi connectivity index (χ3v) is 6.71. The van der Waals surface area contributed by atoms with Crippen LogP contribution in [-0.2, 0) is 19.5 Å². The van der Waals surface area contributed by atoms with Crippen LogP contribution < -0.4 is 10.5 Å². The summed E-state index contributed by atoms with van der Waals surface area (Å²) in [6, 6.07) is 20.0. The SMILES string of the molecule is Cc1ccc(OC(=O)c2sc3nc4c(cc3c2N)CN(Cc2ccccc2)CC4)cc1. The molecule has 4 aromatic rings. The maximum atomic E-state index is 12.7. The number of thiophene rings is 1. The third kappa shape index (κ3) is 4.04. The van der Waals surface area contributed by atoms with Crippen LogP contribution in [0.1, 0.15) is 32.1 Å². The van der Waals surface area contributed by atoms with E-state index in [1.807, 2.05) is 25.1 Å². The Morgan fingerprint density at radius 1 is 1.16 bits per heavy atom. The molecule has 0 saturated heterocycles. The van der Waals surface area contributed by atoms with E-state index in [2.05, 4.69) is 35.2 Å². The molecule has 0 saturated carbocycles. The molecule has 0 atom stereocenters. The molecular weight excluding hydrogens is 406 g/mol. The Bertz CT molecular complexity index is 1250. The van der Waals surface area contributed by atoms with Crippen LogP contribution in [0.3, 0.4) is 0 Å². The van der Waals surface area contributed by atoms with Crippen LogP contribution in [0.4, 0.5) is 5.69 Å². The number of benzene rings is 2. The van der Waals surface area contributed by atoms with E-state index >= 15 is 0 Å². The second-order valence-corrected chi connectivity index (χ2v) is 8.94. The fourth-order valence-corrected chi connectivity index (χ4v) is 4.92. The number of esters is 1.